The molecule has 0 aromatic carbocycles. The van der Waals surface area contributed by atoms with Gasteiger partial charge in [0.2, 0.25) is 0 Å². The van der Waals surface area contributed by atoms with E-state index in [9.17, 15) is 0 Å². The SMILES string of the molecule is NC1(c2ccc3c(Cl)cnn3c2)CCC1. The highest BCUT2D eigenvalue weighted by atomic mass is 35.5. The number of nitrogens with zero attached hydrogens (tertiary/aromatic N) is 2. The Labute approximate surface area is 92.8 Å². The molecule has 0 amide bonds. The van der Waals surface area contributed by atoms with E-state index in [1.54, 1.807) is 10.7 Å². The van der Waals surface area contributed by atoms with Gasteiger partial charge in [-0.15, -0.1) is 0 Å². The number of fused-ring (bicyclic) bond motifs is 1. The fraction of sp³-hybridized carbons (Fsp3) is 0.364. The lowest BCUT2D eigenvalue weighted by Crippen LogP contribution is -2.43. The molecule has 0 spiro atoms. The minimum absolute atomic E-state index is 0.132. The van der Waals surface area contributed by atoms with E-state index in [2.05, 4.69) is 11.2 Å². The van der Waals surface area contributed by atoms with E-state index < -0.39 is 0 Å². The molecule has 3 nitrogen and oxygen atoms in total. The van der Waals surface area contributed by atoms with Crippen LogP contribution in [-0.2, 0) is 5.54 Å². The molecule has 1 fully saturated rings. The van der Waals surface area contributed by atoms with Gasteiger partial charge in [0.15, 0.2) is 0 Å². The Kier molecular flexibility index (Phi) is 1.82. The highest BCUT2D eigenvalue weighted by Crippen LogP contribution is 2.38. The van der Waals surface area contributed by atoms with Crippen LogP contribution in [0.5, 0.6) is 0 Å². The molecule has 4 heteroatoms. The predicted octanol–water partition coefficient (Wildman–Crippen LogP) is 2.33. The summed E-state index contributed by atoms with van der Waals surface area (Å²) < 4.78 is 1.80. The molecular weight excluding hydrogens is 210 g/mol. The molecule has 1 saturated carbocycles. The van der Waals surface area contributed by atoms with Crippen molar-refractivity contribution in [2.75, 3.05) is 0 Å². The van der Waals surface area contributed by atoms with Crippen LogP contribution in [0.25, 0.3) is 5.52 Å². The van der Waals surface area contributed by atoms with Gasteiger partial charge in [-0.2, -0.15) is 5.10 Å². The lowest BCUT2D eigenvalue weighted by Gasteiger charge is -2.38. The van der Waals surface area contributed by atoms with Gasteiger partial charge in [-0.3, -0.25) is 0 Å². The summed E-state index contributed by atoms with van der Waals surface area (Å²) in [4.78, 5) is 0. The monoisotopic (exact) mass is 221 g/mol. The summed E-state index contributed by atoms with van der Waals surface area (Å²) in [5, 5.41) is 4.86. The van der Waals surface area contributed by atoms with E-state index in [0.717, 1.165) is 23.9 Å². The minimum Gasteiger partial charge on any atom is -0.321 e. The molecular formula is C11H12ClN3. The quantitative estimate of drug-likeness (QED) is 0.803. The van der Waals surface area contributed by atoms with Crippen LogP contribution < -0.4 is 5.73 Å². The third-order valence-corrected chi connectivity index (χ3v) is 3.58. The summed E-state index contributed by atoms with van der Waals surface area (Å²) in [5.74, 6) is 0. The molecule has 1 aliphatic rings. The van der Waals surface area contributed by atoms with Gasteiger partial charge in [-0.05, 0) is 30.9 Å². The molecule has 2 heterocycles. The maximum atomic E-state index is 6.25. The van der Waals surface area contributed by atoms with Gasteiger partial charge in [0, 0.05) is 11.7 Å². The molecule has 2 aromatic rings. The molecule has 0 unspecified atom stereocenters. The zero-order chi connectivity index (χ0) is 10.5. The highest BCUT2D eigenvalue weighted by Gasteiger charge is 2.34. The van der Waals surface area contributed by atoms with Crippen molar-refractivity contribution in [3.05, 3.63) is 35.1 Å². The van der Waals surface area contributed by atoms with Crippen LogP contribution in [0, 0.1) is 0 Å². The van der Waals surface area contributed by atoms with Crippen molar-refractivity contribution in [3.8, 4) is 0 Å². The smallest absolute Gasteiger partial charge is 0.0864 e. The summed E-state index contributed by atoms with van der Waals surface area (Å²) in [6.45, 7) is 0. The van der Waals surface area contributed by atoms with E-state index in [4.69, 9.17) is 17.3 Å². The summed E-state index contributed by atoms with van der Waals surface area (Å²) >= 11 is 5.97. The molecule has 2 N–H and O–H groups in total. The van der Waals surface area contributed by atoms with Crippen molar-refractivity contribution in [1.29, 1.82) is 0 Å². The number of rotatable bonds is 1. The van der Waals surface area contributed by atoms with Crippen molar-refractivity contribution >= 4 is 17.1 Å². The number of hydrogen-bond acceptors (Lipinski definition) is 2. The molecule has 15 heavy (non-hydrogen) atoms. The Morgan fingerprint density at radius 1 is 1.40 bits per heavy atom. The van der Waals surface area contributed by atoms with Crippen molar-refractivity contribution < 1.29 is 0 Å². The fourth-order valence-corrected chi connectivity index (χ4v) is 2.29. The van der Waals surface area contributed by atoms with Crippen LogP contribution >= 0.6 is 11.6 Å². The first-order valence-corrected chi connectivity index (χ1v) is 5.49. The Bertz CT molecular complexity index is 514. The normalized spacial score (nSPS) is 19.1. The van der Waals surface area contributed by atoms with Gasteiger partial charge >= 0.3 is 0 Å². The first-order valence-electron chi connectivity index (χ1n) is 5.11. The zero-order valence-corrected chi connectivity index (χ0v) is 9.04. The third-order valence-electron chi connectivity index (χ3n) is 3.29. The van der Waals surface area contributed by atoms with Gasteiger partial charge in [-0.1, -0.05) is 17.7 Å². The molecule has 0 atom stereocenters. The van der Waals surface area contributed by atoms with Crippen LogP contribution in [0.4, 0.5) is 0 Å². The summed E-state index contributed by atoms with van der Waals surface area (Å²) in [5.41, 5.74) is 8.20. The molecule has 3 rings (SSSR count). The van der Waals surface area contributed by atoms with Crippen LogP contribution in [0.2, 0.25) is 5.02 Å². The van der Waals surface area contributed by atoms with E-state index in [1.807, 2.05) is 12.3 Å². The number of aromatic nitrogens is 2. The van der Waals surface area contributed by atoms with Crippen LogP contribution in [-0.4, -0.2) is 9.61 Å². The molecule has 0 radical (unpaired) electrons. The largest absolute Gasteiger partial charge is 0.321 e. The maximum absolute atomic E-state index is 6.25. The maximum Gasteiger partial charge on any atom is 0.0864 e. The Balaban J connectivity index is 2.14. The Morgan fingerprint density at radius 2 is 2.20 bits per heavy atom. The van der Waals surface area contributed by atoms with Gasteiger partial charge in [0.05, 0.1) is 16.7 Å². The lowest BCUT2D eigenvalue weighted by atomic mass is 9.73. The summed E-state index contributed by atoms with van der Waals surface area (Å²) in [6, 6.07) is 4.04. The van der Waals surface area contributed by atoms with Gasteiger partial charge in [-0.25, -0.2) is 4.52 Å². The van der Waals surface area contributed by atoms with Crippen molar-refractivity contribution in [2.24, 2.45) is 5.73 Å². The molecule has 0 aliphatic heterocycles. The first kappa shape index (κ1) is 9.19. The van der Waals surface area contributed by atoms with Gasteiger partial charge in [0.25, 0.3) is 0 Å². The predicted molar refractivity (Wildman–Crippen MR) is 59.9 cm³/mol. The summed E-state index contributed by atoms with van der Waals surface area (Å²) in [6.07, 6.45) is 6.99. The Morgan fingerprint density at radius 3 is 2.87 bits per heavy atom. The second-order valence-electron chi connectivity index (χ2n) is 4.25. The average Bonchev–Trinajstić information content (AvgIpc) is 2.56. The average molecular weight is 222 g/mol. The molecule has 2 aromatic heterocycles. The first-order chi connectivity index (χ1) is 7.19. The van der Waals surface area contributed by atoms with E-state index in [1.165, 1.54) is 6.42 Å². The van der Waals surface area contributed by atoms with Gasteiger partial charge in [0.1, 0.15) is 0 Å². The van der Waals surface area contributed by atoms with E-state index in [-0.39, 0.29) is 5.54 Å². The second-order valence-corrected chi connectivity index (χ2v) is 4.66. The Hall–Kier alpha value is -1.06. The minimum atomic E-state index is -0.132. The number of pyridine rings is 1. The summed E-state index contributed by atoms with van der Waals surface area (Å²) in [7, 11) is 0. The molecule has 1 aliphatic carbocycles. The molecule has 78 valence electrons. The van der Waals surface area contributed by atoms with Crippen LogP contribution in [0.15, 0.2) is 24.5 Å². The van der Waals surface area contributed by atoms with Crippen molar-refractivity contribution in [2.45, 2.75) is 24.8 Å². The standard InChI is InChI=1S/C11H12ClN3/c12-9-6-14-15-7-8(2-3-10(9)15)11(13)4-1-5-11/h2-3,6-7H,1,4-5,13H2. The highest BCUT2D eigenvalue weighted by molar-refractivity contribution is 6.33. The lowest BCUT2D eigenvalue weighted by molar-refractivity contribution is 0.252. The third kappa shape index (κ3) is 1.27. The van der Waals surface area contributed by atoms with E-state index >= 15 is 0 Å². The van der Waals surface area contributed by atoms with Crippen molar-refractivity contribution in [1.82, 2.24) is 9.61 Å². The number of halogens is 1. The topological polar surface area (TPSA) is 43.3 Å². The molecule has 0 bridgehead atoms. The van der Waals surface area contributed by atoms with Crippen molar-refractivity contribution in [3.63, 3.8) is 0 Å². The second kappa shape index (κ2) is 2.97. The van der Waals surface area contributed by atoms with Gasteiger partial charge < -0.3 is 5.73 Å². The number of nitrogens with two attached hydrogens (primary N) is 1. The number of hydrogen-bond donors (Lipinski definition) is 1. The van der Waals surface area contributed by atoms with E-state index in [0.29, 0.717) is 5.02 Å². The zero-order valence-electron chi connectivity index (χ0n) is 8.28. The molecule has 0 saturated heterocycles. The van der Waals surface area contributed by atoms with Crippen LogP contribution in [0.3, 0.4) is 0 Å². The fourth-order valence-electron chi connectivity index (χ4n) is 2.09. The van der Waals surface area contributed by atoms with Crippen LogP contribution in [0.1, 0.15) is 24.8 Å².